The van der Waals surface area contributed by atoms with Crippen LogP contribution in [0, 0.1) is 19.7 Å². The molecule has 0 saturated carbocycles. The van der Waals surface area contributed by atoms with Gasteiger partial charge in [0.2, 0.25) is 5.91 Å². The van der Waals surface area contributed by atoms with Gasteiger partial charge in [0, 0.05) is 38.3 Å². The second kappa shape index (κ2) is 13.4. The number of amides is 1. The third-order valence-electron chi connectivity index (χ3n) is 7.04. The lowest BCUT2D eigenvalue weighted by Gasteiger charge is -2.16. The molecule has 1 aliphatic rings. The summed E-state index contributed by atoms with van der Waals surface area (Å²) in [5.41, 5.74) is 7.07. The molecule has 0 aromatic heterocycles. The van der Waals surface area contributed by atoms with Crippen LogP contribution in [0.2, 0.25) is 0 Å². The molecule has 0 spiro atoms. The van der Waals surface area contributed by atoms with Crippen molar-refractivity contribution in [2.75, 3.05) is 38.2 Å². The van der Waals surface area contributed by atoms with E-state index in [2.05, 4.69) is 55.6 Å². The minimum atomic E-state index is -0.271. The summed E-state index contributed by atoms with van der Waals surface area (Å²) in [7, 11) is 0. The van der Waals surface area contributed by atoms with Gasteiger partial charge in [-0.15, -0.1) is 0 Å². The van der Waals surface area contributed by atoms with Crippen molar-refractivity contribution >= 4 is 11.6 Å². The number of anilines is 1. The summed E-state index contributed by atoms with van der Waals surface area (Å²) in [4.78, 5) is 14.2. The number of halogens is 1. The van der Waals surface area contributed by atoms with Crippen LogP contribution in [0.4, 0.5) is 10.1 Å². The zero-order valence-electron chi connectivity index (χ0n) is 22.8. The molecule has 1 heterocycles. The largest absolute Gasteiger partial charge is 0.491 e. The summed E-state index contributed by atoms with van der Waals surface area (Å²) in [6, 6.07) is 17.8. The lowest BCUT2D eigenvalue weighted by atomic mass is 9.94. The molecule has 1 N–H and O–H groups in total. The van der Waals surface area contributed by atoms with Crippen LogP contribution in [0.25, 0.3) is 11.1 Å². The summed E-state index contributed by atoms with van der Waals surface area (Å²) in [5, 5.41) is 3.34. The highest BCUT2D eigenvalue weighted by atomic mass is 19.1. The van der Waals surface area contributed by atoms with Gasteiger partial charge in [0.15, 0.2) is 0 Å². The standard InChI is InChI=1S/C32H39FN2O3/c1-4-37-16-17-38-29-18-23(2)32(24(3)19-29)27-9-7-8-25(20-27)22-34-28-12-10-26(30(33)21-28)11-13-31(36)35-14-5-6-15-35/h7-10,12,18-21,34H,4-6,11,13-17,22H2,1-3H3. The lowest BCUT2D eigenvalue weighted by molar-refractivity contribution is -0.130. The van der Waals surface area contributed by atoms with Gasteiger partial charge in [-0.2, -0.15) is 0 Å². The first-order valence-electron chi connectivity index (χ1n) is 13.7. The van der Waals surface area contributed by atoms with E-state index >= 15 is 0 Å². The Kier molecular flexibility index (Phi) is 9.77. The average molecular weight is 519 g/mol. The van der Waals surface area contributed by atoms with Gasteiger partial charge in [-0.3, -0.25) is 4.79 Å². The molecule has 5 nitrogen and oxygen atoms in total. The number of hydrogen-bond acceptors (Lipinski definition) is 4. The number of aryl methyl sites for hydroxylation is 3. The van der Waals surface area contributed by atoms with E-state index in [4.69, 9.17) is 9.47 Å². The van der Waals surface area contributed by atoms with Crippen molar-refractivity contribution in [3.63, 3.8) is 0 Å². The number of rotatable bonds is 12. The van der Waals surface area contributed by atoms with Crippen LogP contribution in [0.15, 0.2) is 54.6 Å². The van der Waals surface area contributed by atoms with Gasteiger partial charge in [-0.25, -0.2) is 4.39 Å². The van der Waals surface area contributed by atoms with E-state index in [-0.39, 0.29) is 11.7 Å². The van der Waals surface area contributed by atoms with Crippen LogP contribution >= 0.6 is 0 Å². The lowest BCUT2D eigenvalue weighted by Crippen LogP contribution is -2.27. The van der Waals surface area contributed by atoms with E-state index < -0.39 is 0 Å². The maximum absolute atomic E-state index is 14.7. The Labute approximate surface area is 226 Å². The SMILES string of the molecule is CCOCCOc1cc(C)c(-c2cccc(CNc3ccc(CCC(=O)N4CCCC4)c(F)c3)c2)c(C)c1. The van der Waals surface area contributed by atoms with E-state index in [1.165, 1.54) is 11.6 Å². The van der Waals surface area contributed by atoms with Gasteiger partial charge in [-0.05, 0) is 104 Å². The Morgan fingerprint density at radius 2 is 1.76 bits per heavy atom. The average Bonchev–Trinajstić information content (AvgIpc) is 3.45. The molecule has 0 unspecified atom stereocenters. The molecular formula is C32H39FN2O3. The molecule has 1 saturated heterocycles. The molecule has 3 aromatic carbocycles. The van der Waals surface area contributed by atoms with Gasteiger partial charge >= 0.3 is 0 Å². The number of nitrogens with zero attached hydrogens (tertiary/aromatic N) is 1. The molecule has 0 aliphatic carbocycles. The maximum Gasteiger partial charge on any atom is 0.222 e. The number of carbonyl (C=O) groups excluding carboxylic acids is 1. The molecule has 0 radical (unpaired) electrons. The second-order valence-electron chi connectivity index (χ2n) is 9.93. The predicted octanol–water partition coefficient (Wildman–Crippen LogP) is 6.69. The maximum atomic E-state index is 14.7. The van der Waals surface area contributed by atoms with E-state index in [0.717, 1.165) is 59.6 Å². The van der Waals surface area contributed by atoms with Gasteiger partial charge < -0.3 is 19.7 Å². The predicted molar refractivity (Wildman–Crippen MR) is 151 cm³/mol. The fraction of sp³-hybridized carbons (Fsp3) is 0.406. The fourth-order valence-corrected chi connectivity index (χ4v) is 5.09. The summed E-state index contributed by atoms with van der Waals surface area (Å²) < 4.78 is 26.0. The molecule has 0 atom stereocenters. The first kappa shape index (κ1) is 27.6. The second-order valence-corrected chi connectivity index (χ2v) is 9.93. The van der Waals surface area contributed by atoms with Crippen molar-refractivity contribution in [1.29, 1.82) is 0 Å². The smallest absolute Gasteiger partial charge is 0.222 e. The molecule has 0 bridgehead atoms. The highest BCUT2D eigenvalue weighted by Gasteiger charge is 2.18. The molecule has 3 aromatic rings. The Morgan fingerprint density at radius 1 is 1.00 bits per heavy atom. The number of nitrogens with one attached hydrogen (secondary N) is 1. The number of hydrogen-bond donors (Lipinski definition) is 1. The summed E-state index contributed by atoms with van der Waals surface area (Å²) >= 11 is 0. The van der Waals surface area contributed by atoms with Gasteiger partial charge in [0.05, 0.1) is 6.61 Å². The van der Waals surface area contributed by atoms with Crippen LogP contribution in [-0.4, -0.2) is 43.7 Å². The van der Waals surface area contributed by atoms with Crippen molar-refractivity contribution < 1.29 is 18.7 Å². The molecule has 38 heavy (non-hydrogen) atoms. The van der Waals surface area contributed by atoms with Gasteiger partial charge in [0.1, 0.15) is 18.2 Å². The molecule has 202 valence electrons. The monoisotopic (exact) mass is 518 g/mol. The van der Waals surface area contributed by atoms with Crippen molar-refractivity contribution in [1.82, 2.24) is 4.90 Å². The fourth-order valence-electron chi connectivity index (χ4n) is 5.09. The highest BCUT2D eigenvalue weighted by Crippen LogP contribution is 2.32. The zero-order valence-corrected chi connectivity index (χ0v) is 22.8. The number of likely N-dealkylation sites (tertiary alicyclic amines) is 1. The topological polar surface area (TPSA) is 50.8 Å². The molecule has 6 heteroatoms. The molecule has 1 aliphatic heterocycles. The van der Waals surface area contributed by atoms with Crippen LogP contribution in [0.3, 0.4) is 0 Å². The molecular weight excluding hydrogens is 479 g/mol. The minimum Gasteiger partial charge on any atom is -0.491 e. The Morgan fingerprint density at radius 3 is 2.47 bits per heavy atom. The minimum absolute atomic E-state index is 0.123. The third-order valence-corrected chi connectivity index (χ3v) is 7.04. The third kappa shape index (κ3) is 7.35. The van der Waals surface area contributed by atoms with Gasteiger partial charge in [0.25, 0.3) is 0 Å². The van der Waals surface area contributed by atoms with Crippen LogP contribution in [0.5, 0.6) is 5.75 Å². The Bertz CT molecular complexity index is 1210. The van der Waals surface area contributed by atoms with E-state index in [1.54, 1.807) is 6.07 Å². The van der Waals surface area contributed by atoms with E-state index in [9.17, 15) is 9.18 Å². The van der Waals surface area contributed by atoms with Crippen LogP contribution in [-0.2, 0) is 22.5 Å². The van der Waals surface area contributed by atoms with E-state index in [0.29, 0.717) is 44.8 Å². The van der Waals surface area contributed by atoms with Gasteiger partial charge in [-0.1, -0.05) is 24.3 Å². The molecule has 1 fully saturated rings. The first-order chi connectivity index (χ1) is 18.4. The number of carbonyl (C=O) groups is 1. The normalized spacial score (nSPS) is 13.1. The first-order valence-corrected chi connectivity index (χ1v) is 13.7. The molecule has 4 rings (SSSR count). The summed E-state index contributed by atoms with van der Waals surface area (Å²) in [5.74, 6) is 0.707. The van der Waals surface area contributed by atoms with E-state index in [1.807, 2.05) is 17.9 Å². The number of ether oxygens (including phenoxy) is 2. The van der Waals surface area contributed by atoms with Crippen molar-refractivity contribution in [2.45, 2.75) is 53.0 Å². The van der Waals surface area contributed by atoms with Crippen molar-refractivity contribution in [3.8, 4) is 16.9 Å². The number of benzene rings is 3. The van der Waals surface area contributed by atoms with Crippen molar-refractivity contribution in [2.24, 2.45) is 0 Å². The Hall–Kier alpha value is -3.38. The zero-order chi connectivity index (χ0) is 26.9. The van der Waals surface area contributed by atoms with Crippen LogP contribution < -0.4 is 10.1 Å². The quantitative estimate of drug-likeness (QED) is 0.271. The van der Waals surface area contributed by atoms with Crippen LogP contribution in [0.1, 0.15) is 48.4 Å². The Balaban J connectivity index is 1.36. The highest BCUT2D eigenvalue weighted by molar-refractivity contribution is 5.76. The summed E-state index contributed by atoms with van der Waals surface area (Å²) in [6.07, 6.45) is 2.92. The molecule has 1 amide bonds. The summed E-state index contributed by atoms with van der Waals surface area (Å²) in [6.45, 7) is 10.2. The van der Waals surface area contributed by atoms with Crippen molar-refractivity contribution in [3.05, 3.63) is 82.7 Å².